The summed E-state index contributed by atoms with van der Waals surface area (Å²) in [7, 11) is 0. The summed E-state index contributed by atoms with van der Waals surface area (Å²) in [5.41, 5.74) is 4.06. The second-order valence-corrected chi connectivity index (χ2v) is 12.6. The van der Waals surface area contributed by atoms with Crippen LogP contribution in [0.25, 0.3) is 99.9 Å². The molecule has 0 saturated carbocycles. The maximum Gasteiger partial charge on any atom is 0.164 e. The van der Waals surface area contributed by atoms with Crippen molar-refractivity contribution in [2.75, 3.05) is 0 Å². The fourth-order valence-corrected chi connectivity index (χ4v) is 6.55. The number of benzene rings is 9. The van der Waals surface area contributed by atoms with Gasteiger partial charge in [0.15, 0.2) is 17.5 Å². The van der Waals surface area contributed by atoms with Gasteiger partial charge in [0.25, 0.3) is 0 Å². The molecule has 0 amide bonds. The van der Waals surface area contributed by atoms with Gasteiger partial charge in [0.05, 0.1) is 19.2 Å². The van der Waals surface area contributed by atoms with Crippen molar-refractivity contribution in [1.29, 1.82) is 0 Å². The average Bonchev–Trinajstić information content (AvgIpc) is 3.36. The van der Waals surface area contributed by atoms with Crippen LogP contribution in [0, 0.1) is 0 Å². The Kier molecular flexibility index (Phi) is 4.99. The summed E-state index contributed by atoms with van der Waals surface area (Å²) in [6.07, 6.45) is 0. The van der Waals surface area contributed by atoms with Crippen LogP contribution in [0.5, 0.6) is 0 Å². The fourth-order valence-electron chi connectivity index (χ4n) is 6.55. The average molecular weight is 702 g/mol. The molecular formula is C51H33N3. The Morgan fingerprint density at radius 1 is 0.296 bits per heavy atom. The van der Waals surface area contributed by atoms with E-state index in [4.69, 9.17) is 30.0 Å². The largest absolute Gasteiger partial charge is 0.208 e. The zero-order valence-corrected chi connectivity index (χ0v) is 28.3. The summed E-state index contributed by atoms with van der Waals surface area (Å²) in [6.45, 7) is 0. The lowest BCUT2D eigenvalue weighted by Gasteiger charge is -2.13. The lowest BCUT2D eigenvalue weighted by molar-refractivity contribution is 1.07. The van der Waals surface area contributed by atoms with Gasteiger partial charge in [-0.3, -0.25) is 0 Å². The molecule has 0 bridgehead atoms. The summed E-state index contributed by atoms with van der Waals surface area (Å²) in [5.74, 6) is -0.177. The maximum absolute atomic E-state index is 9.53. The third kappa shape index (κ3) is 5.98. The van der Waals surface area contributed by atoms with Crippen LogP contribution in [0.1, 0.15) is 19.2 Å². The molecule has 1 aromatic heterocycles. The van der Waals surface area contributed by atoms with Crippen LogP contribution in [-0.4, -0.2) is 15.0 Å². The Morgan fingerprint density at radius 2 is 0.833 bits per heavy atom. The molecule has 10 aromatic rings. The van der Waals surface area contributed by atoms with Crippen molar-refractivity contribution in [3.05, 3.63) is 200 Å². The first-order valence-corrected chi connectivity index (χ1v) is 17.1. The van der Waals surface area contributed by atoms with E-state index in [9.17, 15) is 4.11 Å². The first-order chi connectivity index (χ1) is 32.5. The highest BCUT2D eigenvalue weighted by Gasteiger charge is 2.16. The minimum Gasteiger partial charge on any atom is -0.208 e. The number of hydrogen-bond acceptors (Lipinski definition) is 3. The molecule has 3 nitrogen and oxygen atoms in total. The van der Waals surface area contributed by atoms with E-state index in [2.05, 4.69) is 6.07 Å². The van der Waals surface area contributed by atoms with Crippen LogP contribution in [0.2, 0.25) is 0 Å². The van der Waals surface area contributed by atoms with E-state index in [1.165, 1.54) is 0 Å². The second kappa shape index (κ2) is 13.4. The standard InChI is InChI=1S/C51H33N3/c1-4-12-34(13-5-1)38-21-22-40-29-41(24-23-39(40)28-38)45-31-44(35-14-6-2-7-15-35)32-46(33-45)51-53-49(37-17-8-3-9-18-37)52-50(54-51)43-26-27-48-42(30-43)25-20-36-16-10-11-19-47(36)48/h1-33H/i2D,6D,7D,10D,11D,14D,15D,16D,19D,20D,25D,26D,27D,30D. The normalized spacial score (nSPS) is 15.0. The molecule has 1 heterocycles. The first kappa shape index (κ1) is 20.1. The van der Waals surface area contributed by atoms with E-state index in [1.807, 2.05) is 60.7 Å². The molecule has 0 N–H and O–H groups in total. The molecule has 0 aliphatic heterocycles. The Morgan fingerprint density at radius 3 is 1.56 bits per heavy atom. The molecule has 0 spiro atoms. The van der Waals surface area contributed by atoms with Gasteiger partial charge < -0.3 is 0 Å². The van der Waals surface area contributed by atoms with Gasteiger partial charge in [-0.15, -0.1) is 0 Å². The summed E-state index contributed by atoms with van der Waals surface area (Å²) in [5, 5.41) is 0.758. The lowest BCUT2D eigenvalue weighted by Crippen LogP contribution is -2.00. The highest BCUT2D eigenvalue weighted by atomic mass is 15.0. The molecule has 0 fully saturated rings. The van der Waals surface area contributed by atoms with E-state index in [0.717, 1.165) is 21.9 Å². The zero-order valence-electron chi connectivity index (χ0n) is 42.3. The quantitative estimate of drug-likeness (QED) is 0.162. The summed E-state index contributed by atoms with van der Waals surface area (Å²) >= 11 is 0. The Balaban J connectivity index is 1.25. The predicted molar refractivity (Wildman–Crippen MR) is 225 cm³/mol. The van der Waals surface area contributed by atoms with Gasteiger partial charge in [0, 0.05) is 16.7 Å². The highest BCUT2D eigenvalue weighted by Crippen LogP contribution is 2.36. The monoisotopic (exact) mass is 701 g/mol. The van der Waals surface area contributed by atoms with Gasteiger partial charge in [0.2, 0.25) is 0 Å². The molecular weight excluding hydrogens is 655 g/mol. The number of nitrogens with zero attached hydrogens (tertiary/aromatic N) is 3. The summed E-state index contributed by atoms with van der Waals surface area (Å²) in [6, 6.07) is 28.1. The fraction of sp³-hybridized carbons (Fsp3) is 0. The van der Waals surface area contributed by atoms with Crippen molar-refractivity contribution in [1.82, 2.24) is 15.0 Å². The van der Waals surface area contributed by atoms with Crippen molar-refractivity contribution < 1.29 is 19.2 Å². The maximum atomic E-state index is 9.53. The second-order valence-electron chi connectivity index (χ2n) is 12.6. The van der Waals surface area contributed by atoms with Gasteiger partial charge in [-0.1, -0.05) is 163 Å². The number of rotatable bonds is 6. The highest BCUT2D eigenvalue weighted by molar-refractivity contribution is 6.08. The van der Waals surface area contributed by atoms with Gasteiger partial charge in [-0.05, 0) is 102 Å². The van der Waals surface area contributed by atoms with Gasteiger partial charge in [-0.25, -0.2) is 15.0 Å². The molecule has 0 aliphatic carbocycles. The molecule has 10 rings (SSSR count). The Hall–Kier alpha value is -7.23. The zero-order chi connectivity index (χ0) is 48.0. The van der Waals surface area contributed by atoms with Crippen molar-refractivity contribution >= 4 is 32.3 Å². The van der Waals surface area contributed by atoms with Crippen molar-refractivity contribution in [2.45, 2.75) is 0 Å². The summed E-state index contributed by atoms with van der Waals surface area (Å²) < 4.78 is 123. The molecule has 0 radical (unpaired) electrons. The van der Waals surface area contributed by atoms with Crippen LogP contribution in [0.4, 0.5) is 0 Å². The number of hydrogen-bond donors (Lipinski definition) is 0. The van der Waals surface area contributed by atoms with Crippen LogP contribution < -0.4 is 0 Å². The smallest absolute Gasteiger partial charge is 0.164 e. The third-order valence-electron chi connectivity index (χ3n) is 9.21. The molecule has 252 valence electrons. The van der Waals surface area contributed by atoms with Crippen LogP contribution in [-0.2, 0) is 0 Å². The number of fused-ring (bicyclic) bond motifs is 4. The molecule has 0 aliphatic rings. The topological polar surface area (TPSA) is 38.7 Å². The third-order valence-corrected chi connectivity index (χ3v) is 9.21. The minimum absolute atomic E-state index is 0.0112. The van der Waals surface area contributed by atoms with Crippen molar-refractivity contribution in [2.24, 2.45) is 0 Å². The van der Waals surface area contributed by atoms with E-state index in [-0.39, 0.29) is 55.7 Å². The first-order valence-electron chi connectivity index (χ1n) is 24.1. The summed E-state index contributed by atoms with van der Waals surface area (Å²) in [4.78, 5) is 14.4. The van der Waals surface area contributed by atoms with Gasteiger partial charge >= 0.3 is 0 Å². The molecule has 3 heteroatoms. The minimum atomic E-state index is -0.636. The van der Waals surface area contributed by atoms with E-state index in [1.54, 1.807) is 48.5 Å². The lowest BCUT2D eigenvalue weighted by atomic mass is 9.94. The molecule has 0 atom stereocenters. The molecule has 0 saturated heterocycles. The van der Waals surface area contributed by atoms with Crippen LogP contribution in [0.3, 0.4) is 0 Å². The SMILES string of the molecule is [2H]c1c([2H])c([2H])c(-c2cc(-c3ccc4cc(-c5ccccc5)ccc4c3)cc(-c3nc(-c4ccccc4)nc(-c4c([2H])c([2H])c5c(c4[2H])c([2H])c([2H])c4c([2H])c([2H])c([2H])c([2H])c45)n3)c2)c([2H])c1[2H]. The molecule has 0 unspecified atom stereocenters. The van der Waals surface area contributed by atoms with Crippen LogP contribution in [0.15, 0.2) is 200 Å². The van der Waals surface area contributed by atoms with E-state index >= 15 is 0 Å². The molecule has 9 aromatic carbocycles. The number of aromatic nitrogens is 3. The van der Waals surface area contributed by atoms with Crippen molar-refractivity contribution in [3.8, 4) is 67.5 Å². The van der Waals surface area contributed by atoms with Gasteiger partial charge in [0.1, 0.15) is 0 Å². The predicted octanol–water partition coefficient (Wildman–Crippen LogP) is 13.3. The van der Waals surface area contributed by atoms with Crippen LogP contribution >= 0.6 is 0 Å². The van der Waals surface area contributed by atoms with E-state index in [0.29, 0.717) is 22.3 Å². The Labute approximate surface area is 333 Å². The molecule has 54 heavy (non-hydrogen) atoms. The van der Waals surface area contributed by atoms with Crippen molar-refractivity contribution in [3.63, 3.8) is 0 Å². The van der Waals surface area contributed by atoms with Gasteiger partial charge in [-0.2, -0.15) is 0 Å². The Bertz CT molecular complexity index is 3760. The van der Waals surface area contributed by atoms with E-state index < -0.39 is 84.6 Å².